The molecule has 0 atom stereocenters. The molecule has 136 valence electrons. The predicted octanol–water partition coefficient (Wildman–Crippen LogP) is 5.15. The molecule has 26 heavy (non-hydrogen) atoms. The Hall–Kier alpha value is -2.87. The lowest BCUT2D eigenvalue weighted by Crippen LogP contribution is -2.24. The number of aromatic nitrogens is 1. The highest BCUT2D eigenvalue weighted by Crippen LogP contribution is 2.32. The van der Waals surface area contributed by atoms with Gasteiger partial charge in [0.25, 0.3) is 5.56 Å². The molecule has 0 amide bonds. The summed E-state index contributed by atoms with van der Waals surface area (Å²) in [5, 5.41) is 18.9. The van der Waals surface area contributed by atoms with Crippen LogP contribution in [0.2, 0.25) is 0 Å². The van der Waals surface area contributed by atoms with Crippen molar-refractivity contribution in [2.24, 2.45) is 10.2 Å². The Bertz CT molecular complexity index is 887. The summed E-state index contributed by atoms with van der Waals surface area (Å²) < 4.78 is 1.31. The zero-order chi connectivity index (χ0) is 19.1. The van der Waals surface area contributed by atoms with Crippen LogP contribution in [-0.2, 0) is 6.54 Å². The van der Waals surface area contributed by atoms with Gasteiger partial charge in [0.15, 0.2) is 5.69 Å². The minimum absolute atomic E-state index is 0.182. The van der Waals surface area contributed by atoms with Gasteiger partial charge in [0, 0.05) is 12.1 Å². The molecule has 0 aliphatic rings. The monoisotopic (exact) mass is 351 g/mol. The maximum absolute atomic E-state index is 12.6. The number of hydrogen-bond donors (Lipinski definition) is 1. The number of aryl methyl sites for hydroxylation is 1. The van der Waals surface area contributed by atoms with Crippen LogP contribution < -0.4 is 5.56 Å². The molecular formula is C21H25N3O2. The molecule has 0 aliphatic carbocycles. The molecule has 0 saturated heterocycles. The first kappa shape index (κ1) is 19.5. The van der Waals surface area contributed by atoms with E-state index >= 15 is 0 Å². The van der Waals surface area contributed by atoms with Gasteiger partial charge in [-0.05, 0) is 32.4 Å². The van der Waals surface area contributed by atoms with Crippen molar-refractivity contribution < 1.29 is 5.11 Å². The molecule has 1 N–H and O–H groups in total. The molecule has 0 saturated carbocycles. The normalized spacial score (nSPS) is 11.0. The Kier molecular flexibility index (Phi) is 6.74. The molecule has 1 aromatic carbocycles. The van der Waals surface area contributed by atoms with Crippen molar-refractivity contribution in [1.82, 2.24) is 4.57 Å². The third kappa shape index (κ3) is 4.40. The number of nitrogens with zero attached hydrogens (tertiary/aromatic N) is 3. The van der Waals surface area contributed by atoms with Crippen LogP contribution in [-0.4, -0.2) is 9.67 Å². The van der Waals surface area contributed by atoms with E-state index in [-0.39, 0.29) is 22.7 Å². The summed E-state index contributed by atoms with van der Waals surface area (Å²) in [7, 11) is 0. The predicted molar refractivity (Wildman–Crippen MR) is 105 cm³/mol. The summed E-state index contributed by atoms with van der Waals surface area (Å²) >= 11 is 0. The third-order valence-corrected chi connectivity index (χ3v) is 4.34. The van der Waals surface area contributed by atoms with Gasteiger partial charge in [-0.1, -0.05) is 49.8 Å². The Morgan fingerprint density at radius 3 is 2.42 bits per heavy atom. The Morgan fingerprint density at radius 1 is 1.12 bits per heavy atom. The second kappa shape index (κ2) is 9.00. The Labute approximate surface area is 154 Å². The van der Waals surface area contributed by atoms with Crippen molar-refractivity contribution in [2.75, 3.05) is 0 Å². The molecule has 1 aromatic heterocycles. The number of azo groups is 1. The second-order valence-corrected chi connectivity index (χ2v) is 6.37. The van der Waals surface area contributed by atoms with Crippen LogP contribution in [0.3, 0.4) is 0 Å². The van der Waals surface area contributed by atoms with Gasteiger partial charge in [0.2, 0.25) is 5.88 Å². The SMILES string of the molecule is C#Cc1c(C)c(/N=N/c2ccc(C)cc2)c(O)n(CCCCCC)c1=O. The van der Waals surface area contributed by atoms with Crippen molar-refractivity contribution in [2.45, 2.75) is 53.0 Å². The number of hydrogen-bond acceptors (Lipinski definition) is 4. The van der Waals surface area contributed by atoms with Crippen LogP contribution >= 0.6 is 0 Å². The highest BCUT2D eigenvalue weighted by Gasteiger charge is 2.18. The van der Waals surface area contributed by atoms with E-state index < -0.39 is 0 Å². The van der Waals surface area contributed by atoms with E-state index in [1.54, 1.807) is 6.92 Å². The number of pyridine rings is 1. The lowest BCUT2D eigenvalue weighted by molar-refractivity contribution is 0.399. The van der Waals surface area contributed by atoms with E-state index in [1.807, 2.05) is 31.2 Å². The summed E-state index contributed by atoms with van der Waals surface area (Å²) in [4.78, 5) is 12.6. The molecule has 0 radical (unpaired) electrons. The maximum Gasteiger partial charge on any atom is 0.269 e. The first-order chi connectivity index (χ1) is 12.5. The summed E-state index contributed by atoms with van der Waals surface area (Å²) in [6, 6.07) is 7.55. The molecule has 5 heteroatoms. The average Bonchev–Trinajstić information content (AvgIpc) is 2.63. The van der Waals surface area contributed by atoms with E-state index in [2.05, 4.69) is 23.1 Å². The van der Waals surface area contributed by atoms with E-state index in [9.17, 15) is 9.90 Å². The number of benzene rings is 1. The van der Waals surface area contributed by atoms with Gasteiger partial charge in [0.05, 0.1) is 11.3 Å². The average molecular weight is 351 g/mol. The maximum atomic E-state index is 12.6. The number of rotatable bonds is 7. The number of aromatic hydroxyl groups is 1. The van der Waals surface area contributed by atoms with Crippen molar-refractivity contribution in [3.05, 3.63) is 51.3 Å². The fourth-order valence-electron chi connectivity index (χ4n) is 2.72. The summed E-state index contributed by atoms with van der Waals surface area (Å²) in [5.41, 5.74) is 2.37. The molecule has 2 rings (SSSR count). The van der Waals surface area contributed by atoms with Gasteiger partial charge >= 0.3 is 0 Å². The minimum atomic E-state index is -0.353. The number of unbranched alkanes of at least 4 members (excludes halogenated alkanes) is 3. The van der Waals surface area contributed by atoms with E-state index in [0.717, 1.165) is 31.2 Å². The lowest BCUT2D eigenvalue weighted by atomic mass is 10.1. The Balaban J connectivity index is 2.42. The summed E-state index contributed by atoms with van der Waals surface area (Å²) in [6.07, 6.45) is 9.49. The molecule has 0 fully saturated rings. The van der Waals surface area contributed by atoms with Crippen LogP contribution in [0.25, 0.3) is 0 Å². The highest BCUT2D eigenvalue weighted by atomic mass is 16.3. The standard InChI is InChI=1S/C21H25N3O2/c1-5-7-8-9-14-24-20(25)18(6-2)16(4)19(21(24)26)23-22-17-12-10-15(3)11-13-17/h2,10-13,26H,5,7-9,14H2,1,3-4H3/b23-22+. The first-order valence-electron chi connectivity index (χ1n) is 8.91. The second-order valence-electron chi connectivity index (χ2n) is 6.37. The van der Waals surface area contributed by atoms with Gasteiger partial charge in [-0.25, -0.2) is 0 Å². The van der Waals surface area contributed by atoms with Crippen LogP contribution in [0.5, 0.6) is 5.88 Å². The molecule has 0 bridgehead atoms. The van der Waals surface area contributed by atoms with Crippen molar-refractivity contribution in [3.8, 4) is 18.2 Å². The van der Waals surface area contributed by atoms with Crippen molar-refractivity contribution in [1.29, 1.82) is 0 Å². The quantitative estimate of drug-likeness (QED) is 0.426. The summed E-state index contributed by atoms with van der Waals surface area (Å²) in [6.45, 7) is 6.20. The largest absolute Gasteiger partial charge is 0.493 e. The van der Waals surface area contributed by atoms with E-state index in [0.29, 0.717) is 17.8 Å². The molecular weight excluding hydrogens is 326 g/mol. The molecule has 5 nitrogen and oxygen atoms in total. The minimum Gasteiger partial charge on any atom is -0.493 e. The van der Waals surface area contributed by atoms with E-state index in [1.165, 1.54) is 4.57 Å². The van der Waals surface area contributed by atoms with Crippen molar-refractivity contribution >= 4 is 11.4 Å². The van der Waals surface area contributed by atoms with Crippen LogP contribution in [0, 0.1) is 26.2 Å². The zero-order valence-electron chi connectivity index (χ0n) is 15.6. The fourth-order valence-corrected chi connectivity index (χ4v) is 2.72. The Morgan fingerprint density at radius 2 is 1.81 bits per heavy atom. The molecule has 0 unspecified atom stereocenters. The molecule has 0 aliphatic heterocycles. The van der Waals surface area contributed by atoms with Crippen LogP contribution in [0.4, 0.5) is 11.4 Å². The van der Waals surface area contributed by atoms with E-state index in [4.69, 9.17) is 6.42 Å². The fraction of sp³-hybridized carbons (Fsp3) is 0.381. The van der Waals surface area contributed by atoms with Gasteiger partial charge in [0.1, 0.15) is 0 Å². The van der Waals surface area contributed by atoms with Crippen molar-refractivity contribution in [3.63, 3.8) is 0 Å². The van der Waals surface area contributed by atoms with Crippen LogP contribution in [0.15, 0.2) is 39.3 Å². The summed E-state index contributed by atoms with van der Waals surface area (Å²) in [5.74, 6) is 2.25. The zero-order valence-corrected chi connectivity index (χ0v) is 15.6. The first-order valence-corrected chi connectivity index (χ1v) is 8.91. The smallest absolute Gasteiger partial charge is 0.269 e. The third-order valence-electron chi connectivity index (χ3n) is 4.34. The molecule has 1 heterocycles. The highest BCUT2D eigenvalue weighted by molar-refractivity contribution is 5.59. The van der Waals surface area contributed by atoms with Gasteiger partial charge in [-0.2, -0.15) is 5.11 Å². The number of terminal acetylenes is 1. The molecule has 0 spiro atoms. The topological polar surface area (TPSA) is 67.0 Å². The lowest BCUT2D eigenvalue weighted by Gasteiger charge is -2.13. The molecule has 2 aromatic rings. The van der Waals surface area contributed by atoms with Gasteiger partial charge in [-0.3, -0.25) is 9.36 Å². The van der Waals surface area contributed by atoms with Gasteiger partial charge < -0.3 is 5.11 Å². The van der Waals surface area contributed by atoms with Gasteiger partial charge in [-0.15, -0.1) is 11.5 Å². The van der Waals surface area contributed by atoms with Crippen LogP contribution in [0.1, 0.15) is 49.3 Å².